The molecule has 0 aliphatic heterocycles. The summed E-state index contributed by atoms with van der Waals surface area (Å²) < 4.78 is 0. The summed E-state index contributed by atoms with van der Waals surface area (Å²) in [6.07, 6.45) is 9.15. The first-order chi connectivity index (χ1) is 9.15. The minimum Gasteiger partial charge on any atom is -0.302 e. The molecule has 2 fully saturated rings. The Hall–Kier alpha value is -0.410. The third-order valence-corrected chi connectivity index (χ3v) is 6.14. The maximum absolute atomic E-state index is 5.01. The third kappa shape index (κ3) is 2.47. The number of hydrogen-bond donors (Lipinski definition) is 1. The molecule has 3 rings (SSSR count). The van der Waals surface area contributed by atoms with Crippen LogP contribution >= 0.6 is 11.3 Å². The molecule has 1 aromatic rings. The molecule has 2 nitrogen and oxygen atoms in total. The molecule has 2 aliphatic carbocycles. The lowest BCUT2D eigenvalue weighted by molar-refractivity contribution is 0.151. The van der Waals surface area contributed by atoms with Gasteiger partial charge in [0.1, 0.15) is 5.01 Å². The Morgan fingerprint density at radius 1 is 1.32 bits per heavy atom. The Morgan fingerprint density at radius 2 is 2.11 bits per heavy atom. The van der Waals surface area contributed by atoms with Gasteiger partial charge in [0.05, 0.1) is 11.2 Å². The van der Waals surface area contributed by atoms with Crippen molar-refractivity contribution in [2.45, 2.75) is 77.3 Å². The van der Waals surface area contributed by atoms with E-state index in [0.717, 1.165) is 18.4 Å². The Morgan fingerprint density at radius 3 is 2.68 bits per heavy atom. The summed E-state index contributed by atoms with van der Waals surface area (Å²) >= 11 is 1.94. The predicted octanol–water partition coefficient (Wildman–Crippen LogP) is 4.17. The number of rotatable bonds is 4. The minimum atomic E-state index is 0.183. The second-order valence-electron chi connectivity index (χ2n) is 6.41. The van der Waals surface area contributed by atoms with E-state index in [9.17, 15) is 0 Å². The molecule has 0 radical (unpaired) electrons. The van der Waals surface area contributed by atoms with Gasteiger partial charge in [-0.05, 0) is 44.9 Å². The zero-order chi connectivity index (χ0) is 13.5. The molecule has 0 bridgehead atoms. The van der Waals surface area contributed by atoms with Crippen molar-refractivity contribution >= 4 is 11.3 Å². The fraction of sp³-hybridized carbons (Fsp3) is 0.812. The first-order valence-electron chi connectivity index (χ1n) is 7.90. The molecule has 0 amide bonds. The average Bonchev–Trinajstić information content (AvgIpc) is 3.13. The van der Waals surface area contributed by atoms with Crippen LogP contribution < -0.4 is 5.32 Å². The molecule has 1 heterocycles. The molecule has 0 saturated heterocycles. The summed E-state index contributed by atoms with van der Waals surface area (Å²) in [5.74, 6) is 0.720. The molecule has 2 aliphatic rings. The first kappa shape index (κ1) is 13.6. The van der Waals surface area contributed by atoms with Crippen molar-refractivity contribution in [1.29, 1.82) is 0 Å². The third-order valence-electron chi connectivity index (χ3n) is 4.95. The van der Waals surface area contributed by atoms with Crippen LogP contribution in [-0.4, -0.2) is 11.0 Å². The quantitative estimate of drug-likeness (QED) is 0.894. The highest BCUT2D eigenvalue weighted by atomic mass is 32.1. The summed E-state index contributed by atoms with van der Waals surface area (Å²) in [6.45, 7) is 6.88. The van der Waals surface area contributed by atoms with Crippen LogP contribution in [0.2, 0.25) is 0 Å². The van der Waals surface area contributed by atoms with Crippen molar-refractivity contribution in [1.82, 2.24) is 10.3 Å². The largest absolute Gasteiger partial charge is 0.302 e. The van der Waals surface area contributed by atoms with Crippen molar-refractivity contribution in [2.75, 3.05) is 0 Å². The molecule has 0 spiro atoms. The molecule has 1 aromatic heterocycles. The smallest absolute Gasteiger partial charge is 0.114 e. The van der Waals surface area contributed by atoms with E-state index >= 15 is 0 Å². The van der Waals surface area contributed by atoms with Gasteiger partial charge in [-0.15, -0.1) is 11.3 Å². The van der Waals surface area contributed by atoms with Crippen LogP contribution in [0.3, 0.4) is 0 Å². The number of hydrogen-bond acceptors (Lipinski definition) is 3. The summed E-state index contributed by atoms with van der Waals surface area (Å²) in [4.78, 5) is 6.43. The van der Waals surface area contributed by atoms with Gasteiger partial charge in [-0.2, -0.15) is 0 Å². The molecule has 1 N–H and O–H groups in total. The summed E-state index contributed by atoms with van der Waals surface area (Å²) in [6, 6.07) is 0.759. The molecule has 2 atom stereocenters. The van der Waals surface area contributed by atoms with Crippen LogP contribution in [0.1, 0.15) is 68.0 Å². The van der Waals surface area contributed by atoms with Crippen LogP contribution in [0.4, 0.5) is 0 Å². The number of thiazole rings is 1. The van der Waals surface area contributed by atoms with Crippen LogP contribution in [0.25, 0.3) is 0 Å². The monoisotopic (exact) mass is 278 g/mol. The highest BCUT2D eigenvalue weighted by Crippen LogP contribution is 2.45. The summed E-state index contributed by atoms with van der Waals surface area (Å²) in [5, 5.41) is 5.36. The Labute approximate surface area is 121 Å². The van der Waals surface area contributed by atoms with Crippen molar-refractivity contribution < 1.29 is 0 Å². The zero-order valence-electron chi connectivity index (χ0n) is 12.5. The maximum atomic E-state index is 5.01. The molecule has 106 valence electrons. The van der Waals surface area contributed by atoms with Gasteiger partial charge in [0, 0.05) is 10.9 Å². The van der Waals surface area contributed by atoms with Gasteiger partial charge in [-0.25, -0.2) is 4.98 Å². The molecule has 0 aromatic carbocycles. The van der Waals surface area contributed by atoms with E-state index < -0.39 is 0 Å². The standard InChI is InChI=1S/C16H26N2S/c1-4-14-12(3)19-15(17-14)16(18-13-8-9-13)10-6-5-7-11(16)2/h11,13,18H,4-10H2,1-3H3. The average molecular weight is 278 g/mol. The molecular formula is C16H26N2S. The van der Waals surface area contributed by atoms with Gasteiger partial charge in [-0.1, -0.05) is 26.7 Å². The van der Waals surface area contributed by atoms with Crippen molar-refractivity contribution in [3.05, 3.63) is 15.6 Å². The van der Waals surface area contributed by atoms with Crippen LogP contribution in [-0.2, 0) is 12.0 Å². The predicted molar refractivity (Wildman–Crippen MR) is 81.7 cm³/mol. The Balaban J connectivity index is 1.96. The van der Waals surface area contributed by atoms with Gasteiger partial charge in [0.25, 0.3) is 0 Å². The summed E-state index contributed by atoms with van der Waals surface area (Å²) in [5.41, 5.74) is 1.50. The van der Waals surface area contributed by atoms with Crippen LogP contribution in [0.5, 0.6) is 0 Å². The van der Waals surface area contributed by atoms with E-state index in [2.05, 4.69) is 26.1 Å². The van der Waals surface area contributed by atoms with Crippen LogP contribution in [0, 0.1) is 12.8 Å². The molecular weight excluding hydrogens is 252 g/mol. The van der Waals surface area contributed by atoms with Crippen molar-refractivity contribution in [3.8, 4) is 0 Å². The fourth-order valence-electron chi connectivity index (χ4n) is 3.48. The highest BCUT2D eigenvalue weighted by Gasteiger charge is 2.45. The lowest BCUT2D eigenvalue weighted by atomic mass is 9.74. The van der Waals surface area contributed by atoms with Crippen molar-refractivity contribution in [3.63, 3.8) is 0 Å². The van der Waals surface area contributed by atoms with Gasteiger partial charge in [0.2, 0.25) is 0 Å². The first-order valence-corrected chi connectivity index (χ1v) is 8.72. The van der Waals surface area contributed by atoms with Gasteiger partial charge in [-0.3, -0.25) is 0 Å². The normalized spacial score (nSPS) is 31.6. The number of nitrogens with zero attached hydrogens (tertiary/aromatic N) is 1. The molecule has 3 heteroatoms. The molecule has 19 heavy (non-hydrogen) atoms. The topological polar surface area (TPSA) is 24.9 Å². The van der Waals surface area contributed by atoms with E-state index in [1.54, 1.807) is 0 Å². The second-order valence-corrected chi connectivity index (χ2v) is 7.62. The lowest BCUT2D eigenvalue weighted by Crippen LogP contribution is -2.50. The fourth-order valence-corrected chi connectivity index (χ4v) is 4.78. The number of aromatic nitrogens is 1. The SMILES string of the molecule is CCc1nc(C2(NC3CC3)CCCCC2C)sc1C. The van der Waals surface area contributed by atoms with E-state index in [0.29, 0.717) is 0 Å². The van der Waals surface area contributed by atoms with Crippen molar-refractivity contribution in [2.24, 2.45) is 5.92 Å². The molecule has 2 unspecified atom stereocenters. The van der Waals surface area contributed by atoms with Gasteiger partial charge >= 0.3 is 0 Å². The van der Waals surface area contributed by atoms with E-state index in [1.165, 1.54) is 54.1 Å². The van der Waals surface area contributed by atoms with Gasteiger partial charge in [0.15, 0.2) is 0 Å². The highest BCUT2D eigenvalue weighted by molar-refractivity contribution is 7.11. The number of nitrogens with one attached hydrogen (secondary N) is 1. The lowest BCUT2D eigenvalue weighted by Gasteiger charge is -2.42. The Bertz CT molecular complexity index is 450. The minimum absolute atomic E-state index is 0.183. The van der Waals surface area contributed by atoms with E-state index in [1.807, 2.05) is 11.3 Å². The van der Waals surface area contributed by atoms with Gasteiger partial charge < -0.3 is 5.32 Å². The maximum Gasteiger partial charge on any atom is 0.114 e. The molecule has 2 saturated carbocycles. The summed E-state index contributed by atoms with van der Waals surface area (Å²) in [7, 11) is 0. The van der Waals surface area contributed by atoms with Crippen LogP contribution in [0.15, 0.2) is 0 Å². The van der Waals surface area contributed by atoms with E-state index in [4.69, 9.17) is 4.98 Å². The number of aryl methyl sites for hydroxylation is 2. The Kier molecular flexibility index (Phi) is 3.69. The second kappa shape index (κ2) is 5.17. The zero-order valence-corrected chi connectivity index (χ0v) is 13.3. The van der Waals surface area contributed by atoms with E-state index in [-0.39, 0.29) is 5.54 Å².